The lowest BCUT2D eigenvalue weighted by molar-refractivity contribution is -0.0904. The number of pyridine rings is 2. The van der Waals surface area contributed by atoms with Gasteiger partial charge >= 0.3 is 6.09 Å². The molecule has 3 aromatic rings. The average molecular weight is 483 g/mol. The van der Waals surface area contributed by atoms with E-state index in [-0.39, 0.29) is 28.9 Å². The Morgan fingerprint density at radius 1 is 1.29 bits per heavy atom. The van der Waals surface area contributed by atoms with Crippen LogP contribution in [0.15, 0.2) is 36.7 Å². The number of aromatic nitrogens is 5. The van der Waals surface area contributed by atoms with Crippen LogP contribution in [-0.2, 0) is 11.8 Å². The molecule has 3 aromatic heterocycles. The first kappa shape index (κ1) is 22.8. The molecule has 4 atom stereocenters. The fourth-order valence-corrected chi connectivity index (χ4v) is 4.66. The van der Waals surface area contributed by atoms with Crippen molar-refractivity contribution in [2.75, 3.05) is 5.32 Å². The van der Waals surface area contributed by atoms with E-state index in [1.54, 1.807) is 25.2 Å². The van der Waals surface area contributed by atoms with Crippen LogP contribution in [0.4, 0.5) is 19.4 Å². The van der Waals surface area contributed by atoms with Crippen molar-refractivity contribution in [3.63, 3.8) is 0 Å². The highest BCUT2D eigenvalue weighted by Gasteiger charge is 2.61. The maximum absolute atomic E-state index is 13.9. The highest BCUT2D eigenvalue weighted by molar-refractivity contribution is 5.95. The van der Waals surface area contributed by atoms with E-state index in [9.17, 15) is 18.4 Å². The Morgan fingerprint density at radius 2 is 2.11 bits per heavy atom. The zero-order valence-electron chi connectivity index (χ0n) is 19.0. The number of carbonyl (C=O) groups excluding carboxylic acids is 2. The zero-order chi connectivity index (χ0) is 24.7. The van der Waals surface area contributed by atoms with Gasteiger partial charge in [0.1, 0.15) is 12.3 Å². The third-order valence-electron chi connectivity index (χ3n) is 6.79. The van der Waals surface area contributed by atoms with Gasteiger partial charge < -0.3 is 10.1 Å². The summed E-state index contributed by atoms with van der Waals surface area (Å²) in [6.07, 6.45) is 2.05. The number of alkyl halides is 1. The Bertz CT molecular complexity index is 1280. The molecule has 2 saturated carbocycles. The number of aryl methyl sites for hydroxylation is 1. The van der Waals surface area contributed by atoms with Gasteiger partial charge in [-0.25, -0.2) is 18.9 Å². The van der Waals surface area contributed by atoms with Gasteiger partial charge in [0.05, 0.1) is 11.3 Å². The number of amides is 2. The summed E-state index contributed by atoms with van der Waals surface area (Å²) in [5.41, 5.74) is 0.671. The lowest BCUT2D eigenvalue weighted by Gasteiger charge is -2.60. The highest BCUT2D eigenvalue weighted by atomic mass is 19.1. The van der Waals surface area contributed by atoms with Crippen LogP contribution in [0.3, 0.4) is 0 Å². The minimum absolute atomic E-state index is 0.0935. The van der Waals surface area contributed by atoms with Gasteiger partial charge in [0.2, 0.25) is 5.95 Å². The van der Waals surface area contributed by atoms with Gasteiger partial charge in [-0.05, 0) is 44.0 Å². The second kappa shape index (κ2) is 8.67. The molecule has 10 nitrogen and oxygen atoms in total. The van der Waals surface area contributed by atoms with Gasteiger partial charge in [0, 0.05) is 42.9 Å². The first-order chi connectivity index (χ1) is 16.8. The monoisotopic (exact) mass is 483 g/mol. The van der Waals surface area contributed by atoms with Crippen molar-refractivity contribution >= 4 is 17.8 Å². The van der Waals surface area contributed by atoms with Gasteiger partial charge in [-0.2, -0.15) is 4.39 Å². The molecule has 0 bridgehead atoms. The summed E-state index contributed by atoms with van der Waals surface area (Å²) >= 11 is 0. The maximum Gasteiger partial charge on any atom is 0.413 e. The largest absolute Gasteiger partial charge is 0.441 e. The predicted molar refractivity (Wildman–Crippen MR) is 119 cm³/mol. The number of hydrogen-bond acceptors (Lipinski definition) is 7. The number of anilines is 1. The molecule has 0 saturated heterocycles. The molecule has 0 aromatic carbocycles. The lowest BCUT2D eigenvalue weighted by atomic mass is 9.52. The van der Waals surface area contributed by atoms with E-state index < -0.39 is 29.9 Å². The lowest BCUT2D eigenvalue weighted by Crippen LogP contribution is -2.71. The molecule has 2 aliphatic carbocycles. The van der Waals surface area contributed by atoms with Crippen LogP contribution >= 0.6 is 0 Å². The second-order valence-corrected chi connectivity index (χ2v) is 8.87. The third kappa shape index (κ3) is 4.08. The highest BCUT2D eigenvalue weighted by Crippen LogP contribution is 2.55. The molecule has 35 heavy (non-hydrogen) atoms. The first-order valence-corrected chi connectivity index (χ1v) is 11.2. The Morgan fingerprint density at radius 3 is 2.74 bits per heavy atom. The normalized spacial score (nSPS) is 23.3. The maximum atomic E-state index is 13.9. The summed E-state index contributed by atoms with van der Waals surface area (Å²) < 4.78 is 34.1. The standard InChI is InChI=1S/C23H23F2N7O3/c1-12(14-4-3-9-26-19(14)25)35-22(34)28-20-18(30-31-32(20)2)17-6-5-13(11-27-17)21(33)29-23-8-7-15(23)16(24)10-23/h3-6,9,11-12,15-16H,7-8,10H2,1-2H3,(H,28,34)(H,29,33)/t12-,15?,16?,23?/m1/s1. The minimum atomic E-state index is -0.887. The molecule has 2 aliphatic rings. The number of rotatable bonds is 6. The summed E-state index contributed by atoms with van der Waals surface area (Å²) in [4.78, 5) is 32.9. The summed E-state index contributed by atoms with van der Waals surface area (Å²) in [6.45, 7) is 1.52. The van der Waals surface area contributed by atoms with Crippen LogP contribution in [-0.4, -0.2) is 48.7 Å². The Labute approximate surface area is 199 Å². The third-order valence-corrected chi connectivity index (χ3v) is 6.79. The van der Waals surface area contributed by atoms with Crippen molar-refractivity contribution in [3.05, 3.63) is 53.7 Å². The molecule has 3 unspecified atom stereocenters. The SMILES string of the molecule is C[C@@H](OC(=O)Nc1c(-c2ccc(C(=O)NC34CCC3C(F)C4)cn2)nnn1C)c1cccnc1F. The van der Waals surface area contributed by atoms with Crippen molar-refractivity contribution in [1.82, 2.24) is 30.3 Å². The molecule has 12 heteroatoms. The van der Waals surface area contributed by atoms with Crippen LogP contribution < -0.4 is 10.6 Å². The van der Waals surface area contributed by atoms with Gasteiger partial charge in [-0.15, -0.1) is 5.10 Å². The van der Waals surface area contributed by atoms with Crippen molar-refractivity contribution in [1.29, 1.82) is 0 Å². The molecule has 2 amide bonds. The first-order valence-electron chi connectivity index (χ1n) is 11.2. The molecular formula is C23H23F2N7O3. The average Bonchev–Trinajstić information content (AvgIpc) is 3.18. The molecule has 0 radical (unpaired) electrons. The van der Waals surface area contributed by atoms with Gasteiger partial charge in [0.25, 0.3) is 5.91 Å². The summed E-state index contributed by atoms with van der Waals surface area (Å²) in [6, 6.07) is 6.18. The van der Waals surface area contributed by atoms with E-state index >= 15 is 0 Å². The topological polar surface area (TPSA) is 124 Å². The summed E-state index contributed by atoms with van der Waals surface area (Å²) in [7, 11) is 1.57. The summed E-state index contributed by atoms with van der Waals surface area (Å²) in [5, 5.41) is 13.5. The van der Waals surface area contributed by atoms with Crippen LogP contribution in [0, 0.1) is 11.9 Å². The molecule has 182 valence electrons. The summed E-state index contributed by atoms with van der Waals surface area (Å²) in [5.74, 6) is -0.918. The van der Waals surface area contributed by atoms with Crippen molar-refractivity contribution in [2.45, 2.75) is 44.0 Å². The zero-order valence-corrected chi connectivity index (χ0v) is 19.0. The molecule has 0 spiro atoms. The van der Waals surface area contributed by atoms with Crippen molar-refractivity contribution < 1.29 is 23.1 Å². The van der Waals surface area contributed by atoms with E-state index in [0.717, 1.165) is 12.8 Å². The van der Waals surface area contributed by atoms with Gasteiger partial charge in [-0.3, -0.25) is 15.1 Å². The number of ether oxygens (including phenoxy) is 1. The van der Waals surface area contributed by atoms with E-state index in [4.69, 9.17) is 4.74 Å². The quantitative estimate of drug-likeness (QED) is 0.516. The predicted octanol–water partition coefficient (Wildman–Crippen LogP) is 3.34. The van der Waals surface area contributed by atoms with E-state index in [2.05, 4.69) is 30.9 Å². The number of hydrogen-bond donors (Lipinski definition) is 2. The van der Waals surface area contributed by atoms with Crippen LogP contribution in [0.2, 0.25) is 0 Å². The number of nitrogens with zero attached hydrogens (tertiary/aromatic N) is 5. The fourth-order valence-electron chi connectivity index (χ4n) is 4.66. The van der Waals surface area contributed by atoms with E-state index in [1.807, 2.05) is 0 Å². The van der Waals surface area contributed by atoms with Crippen LogP contribution in [0.5, 0.6) is 0 Å². The smallest absolute Gasteiger partial charge is 0.413 e. The fraction of sp³-hybridized carbons (Fsp3) is 0.391. The number of fused-ring (bicyclic) bond motifs is 1. The molecule has 0 aliphatic heterocycles. The molecule has 3 heterocycles. The molecule has 5 rings (SSSR count). The number of halogens is 2. The second-order valence-electron chi connectivity index (χ2n) is 8.87. The number of carbonyl (C=O) groups is 2. The van der Waals surface area contributed by atoms with E-state index in [0.29, 0.717) is 17.7 Å². The van der Waals surface area contributed by atoms with Gasteiger partial charge in [-0.1, -0.05) is 5.21 Å². The van der Waals surface area contributed by atoms with Crippen molar-refractivity contribution in [3.8, 4) is 11.4 Å². The molecule has 2 fully saturated rings. The number of nitrogens with one attached hydrogen (secondary N) is 2. The van der Waals surface area contributed by atoms with Crippen LogP contribution in [0.25, 0.3) is 11.4 Å². The minimum Gasteiger partial charge on any atom is -0.441 e. The van der Waals surface area contributed by atoms with Crippen molar-refractivity contribution in [2.24, 2.45) is 13.0 Å². The van der Waals surface area contributed by atoms with Crippen LogP contribution in [0.1, 0.15) is 48.2 Å². The molecular weight excluding hydrogens is 460 g/mol. The Balaban J connectivity index is 1.26. The van der Waals surface area contributed by atoms with Gasteiger partial charge in [0.15, 0.2) is 11.5 Å². The Hall–Kier alpha value is -3.96. The van der Waals surface area contributed by atoms with E-state index in [1.165, 1.54) is 30.1 Å². The Kier molecular flexibility index (Phi) is 5.65. The molecule has 2 N–H and O–H groups in total.